The van der Waals surface area contributed by atoms with Gasteiger partial charge in [-0.2, -0.15) is 0 Å². The van der Waals surface area contributed by atoms with Gasteiger partial charge in [0.1, 0.15) is 5.75 Å². The number of ether oxygens (including phenoxy) is 4. The Morgan fingerprint density at radius 1 is 0.788 bits per heavy atom. The van der Waals surface area contributed by atoms with E-state index in [0.29, 0.717) is 39.9 Å². The smallest absolute Gasteiger partial charge is 0.262 e. The maximum atomic E-state index is 12.5. The lowest BCUT2D eigenvalue weighted by Gasteiger charge is -2.15. The molecule has 0 aromatic heterocycles. The molecule has 0 heterocycles. The van der Waals surface area contributed by atoms with Crippen molar-refractivity contribution in [1.29, 1.82) is 0 Å². The van der Waals surface area contributed by atoms with Crippen molar-refractivity contribution in [2.75, 3.05) is 38.6 Å². The second-order valence-corrected chi connectivity index (χ2v) is 7.07. The first-order valence-electron chi connectivity index (χ1n) is 10.1. The van der Waals surface area contributed by atoms with Crippen molar-refractivity contribution in [3.8, 4) is 23.0 Å². The zero-order chi connectivity index (χ0) is 23.8. The van der Waals surface area contributed by atoms with E-state index >= 15 is 0 Å². The largest absolute Gasteiger partial charge is 0.495 e. The van der Waals surface area contributed by atoms with Crippen LogP contribution in [0.25, 0.3) is 0 Å². The Kier molecular flexibility index (Phi) is 7.75. The molecule has 8 heteroatoms. The molecule has 33 heavy (non-hydrogen) atoms. The summed E-state index contributed by atoms with van der Waals surface area (Å²) in [5.74, 6) is 1.21. The third kappa shape index (κ3) is 5.94. The number of para-hydroxylation sites is 2. The Bertz CT molecular complexity index is 1100. The van der Waals surface area contributed by atoms with Crippen LogP contribution in [0.2, 0.25) is 0 Å². The van der Waals surface area contributed by atoms with Gasteiger partial charge in [-0.05, 0) is 61.0 Å². The van der Waals surface area contributed by atoms with Gasteiger partial charge in [-0.15, -0.1) is 0 Å². The number of hydrogen-bond acceptors (Lipinski definition) is 6. The van der Waals surface area contributed by atoms with Gasteiger partial charge < -0.3 is 29.6 Å². The van der Waals surface area contributed by atoms with Crippen molar-refractivity contribution < 1.29 is 28.5 Å². The van der Waals surface area contributed by atoms with Gasteiger partial charge in [-0.3, -0.25) is 9.59 Å². The summed E-state index contributed by atoms with van der Waals surface area (Å²) in [6, 6.07) is 17.3. The molecule has 0 atom stereocenters. The van der Waals surface area contributed by atoms with Crippen molar-refractivity contribution in [3.63, 3.8) is 0 Å². The average Bonchev–Trinajstić information content (AvgIpc) is 2.83. The normalized spacial score (nSPS) is 10.2. The fourth-order valence-electron chi connectivity index (χ4n) is 3.14. The monoisotopic (exact) mass is 450 g/mol. The molecule has 0 aliphatic heterocycles. The Balaban J connectivity index is 1.60. The molecular weight excluding hydrogens is 424 g/mol. The van der Waals surface area contributed by atoms with Crippen molar-refractivity contribution in [1.82, 2.24) is 0 Å². The highest BCUT2D eigenvalue weighted by Crippen LogP contribution is 2.38. The molecule has 0 saturated carbocycles. The second kappa shape index (κ2) is 10.9. The first-order valence-corrected chi connectivity index (χ1v) is 10.1. The zero-order valence-electron chi connectivity index (χ0n) is 18.9. The fourth-order valence-corrected chi connectivity index (χ4v) is 3.14. The van der Waals surface area contributed by atoms with E-state index in [2.05, 4.69) is 10.6 Å². The van der Waals surface area contributed by atoms with Gasteiger partial charge in [0.15, 0.2) is 18.1 Å². The van der Waals surface area contributed by atoms with Gasteiger partial charge >= 0.3 is 0 Å². The Hall–Kier alpha value is -4.20. The third-order valence-electron chi connectivity index (χ3n) is 4.74. The maximum Gasteiger partial charge on any atom is 0.262 e. The summed E-state index contributed by atoms with van der Waals surface area (Å²) in [5, 5.41) is 5.54. The summed E-state index contributed by atoms with van der Waals surface area (Å²) >= 11 is 0. The minimum absolute atomic E-state index is 0.244. The fraction of sp³-hybridized carbons (Fsp3) is 0.200. The summed E-state index contributed by atoms with van der Waals surface area (Å²) in [6.45, 7) is 1.66. The molecule has 0 fully saturated rings. The van der Waals surface area contributed by atoms with E-state index in [1.54, 1.807) is 54.6 Å². The van der Waals surface area contributed by atoms with Gasteiger partial charge in [0.2, 0.25) is 5.75 Å². The molecule has 0 aliphatic rings. The number of carbonyl (C=O) groups is 2. The maximum absolute atomic E-state index is 12.5. The van der Waals surface area contributed by atoms with Gasteiger partial charge in [0, 0.05) is 11.3 Å². The highest BCUT2D eigenvalue weighted by Gasteiger charge is 2.15. The minimum atomic E-state index is -0.370. The lowest BCUT2D eigenvalue weighted by atomic mass is 10.2. The van der Waals surface area contributed by atoms with E-state index in [0.717, 1.165) is 5.56 Å². The van der Waals surface area contributed by atoms with Gasteiger partial charge in [-0.25, -0.2) is 0 Å². The number of amides is 2. The molecule has 0 saturated heterocycles. The van der Waals surface area contributed by atoms with Crippen LogP contribution in [0.4, 0.5) is 11.4 Å². The van der Waals surface area contributed by atoms with Crippen LogP contribution in [-0.2, 0) is 4.79 Å². The number of aryl methyl sites for hydroxylation is 1. The average molecular weight is 450 g/mol. The highest BCUT2D eigenvalue weighted by molar-refractivity contribution is 6.05. The summed E-state index contributed by atoms with van der Waals surface area (Å²) in [4.78, 5) is 24.9. The molecule has 0 bridgehead atoms. The number of hydrogen-bond donors (Lipinski definition) is 2. The minimum Gasteiger partial charge on any atom is -0.495 e. The number of carbonyl (C=O) groups excluding carboxylic acids is 2. The van der Waals surface area contributed by atoms with Crippen molar-refractivity contribution >= 4 is 23.2 Å². The Labute approximate surface area is 192 Å². The van der Waals surface area contributed by atoms with Crippen LogP contribution in [0.3, 0.4) is 0 Å². The molecule has 3 rings (SSSR count). The standard InChI is InChI=1S/C25H26N2O6/c1-16-13-21(31-3)24(22(14-16)32-4)33-15-23(28)26-18-11-9-17(10-12-18)25(29)27-19-7-5-6-8-20(19)30-2/h5-14H,15H2,1-4H3,(H,26,28)(H,27,29). The summed E-state index contributed by atoms with van der Waals surface area (Å²) in [6.07, 6.45) is 0. The topological polar surface area (TPSA) is 95.1 Å². The van der Waals surface area contributed by atoms with E-state index in [-0.39, 0.29) is 18.4 Å². The van der Waals surface area contributed by atoms with Crippen LogP contribution in [0.1, 0.15) is 15.9 Å². The van der Waals surface area contributed by atoms with Crippen molar-refractivity contribution in [2.24, 2.45) is 0 Å². The van der Waals surface area contributed by atoms with E-state index in [9.17, 15) is 9.59 Å². The number of methoxy groups -OCH3 is 3. The van der Waals surface area contributed by atoms with Crippen LogP contribution in [0.15, 0.2) is 60.7 Å². The Morgan fingerprint density at radius 3 is 2.00 bits per heavy atom. The van der Waals surface area contributed by atoms with E-state index < -0.39 is 0 Å². The molecule has 0 radical (unpaired) electrons. The summed E-state index contributed by atoms with van der Waals surface area (Å²) < 4.78 is 21.6. The molecule has 0 aliphatic carbocycles. The van der Waals surface area contributed by atoms with Gasteiger partial charge in [-0.1, -0.05) is 12.1 Å². The number of anilines is 2. The van der Waals surface area contributed by atoms with Crippen molar-refractivity contribution in [2.45, 2.75) is 6.92 Å². The lowest BCUT2D eigenvalue weighted by molar-refractivity contribution is -0.118. The predicted octanol–water partition coefficient (Wildman–Crippen LogP) is 4.29. The summed E-state index contributed by atoms with van der Waals surface area (Å²) in [5.41, 5.74) is 2.47. The lowest BCUT2D eigenvalue weighted by Crippen LogP contribution is -2.20. The van der Waals surface area contributed by atoms with Crippen LogP contribution >= 0.6 is 0 Å². The van der Waals surface area contributed by atoms with E-state index in [4.69, 9.17) is 18.9 Å². The molecule has 8 nitrogen and oxygen atoms in total. The highest BCUT2D eigenvalue weighted by atomic mass is 16.5. The second-order valence-electron chi connectivity index (χ2n) is 7.07. The molecule has 3 aromatic rings. The molecule has 0 spiro atoms. The quantitative estimate of drug-likeness (QED) is 0.505. The van der Waals surface area contributed by atoms with Crippen LogP contribution in [0.5, 0.6) is 23.0 Å². The first-order chi connectivity index (χ1) is 15.9. The van der Waals surface area contributed by atoms with Gasteiger partial charge in [0.25, 0.3) is 11.8 Å². The molecule has 172 valence electrons. The van der Waals surface area contributed by atoms with E-state index in [1.807, 2.05) is 13.0 Å². The van der Waals surface area contributed by atoms with Crippen LogP contribution in [-0.4, -0.2) is 39.8 Å². The molecular formula is C25H26N2O6. The zero-order valence-corrected chi connectivity index (χ0v) is 18.9. The molecule has 0 unspecified atom stereocenters. The number of rotatable bonds is 9. The van der Waals surface area contributed by atoms with E-state index in [1.165, 1.54) is 21.3 Å². The summed E-state index contributed by atoms with van der Waals surface area (Å²) in [7, 11) is 4.58. The number of benzene rings is 3. The SMILES string of the molecule is COc1ccccc1NC(=O)c1ccc(NC(=O)COc2c(OC)cc(C)cc2OC)cc1. The molecule has 3 aromatic carbocycles. The van der Waals surface area contributed by atoms with Crippen LogP contribution < -0.4 is 29.6 Å². The van der Waals surface area contributed by atoms with Crippen LogP contribution in [0, 0.1) is 6.92 Å². The first kappa shape index (κ1) is 23.5. The number of nitrogens with one attached hydrogen (secondary N) is 2. The van der Waals surface area contributed by atoms with Gasteiger partial charge in [0.05, 0.1) is 27.0 Å². The predicted molar refractivity (Wildman–Crippen MR) is 126 cm³/mol. The third-order valence-corrected chi connectivity index (χ3v) is 4.74. The van der Waals surface area contributed by atoms with Crippen molar-refractivity contribution in [3.05, 3.63) is 71.8 Å². The molecule has 2 amide bonds. The molecule has 2 N–H and O–H groups in total. The Morgan fingerprint density at radius 2 is 1.39 bits per heavy atom.